The number of imidazole rings is 1. The number of nitrogens with zero attached hydrogens (tertiary/aromatic N) is 3. The number of rotatable bonds is 8. The Morgan fingerprint density at radius 2 is 1.93 bits per heavy atom. The highest BCUT2D eigenvalue weighted by Crippen LogP contribution is 2.36. The van der Waals surface area contributed by atoms with Gasteiger partial charge in [-0.1, -0.05) is 30.3 Å². The first-order valence-electron chi connectivity index (χ1n) is 9.75. The van der Waals surface area contributed by atoms with Crippen LogP contribution in [0.25, 0.3) is 0 Å². The molecule has 0 saturated carbocycles. The van der Waals surface area contributed by atoms with Crippen molar-refractivity contribution in [2.45, 2.75) is 38.1 Å². The molecule has 0 atom stereocenters. The number of piperidine rings is 1. The summed E-state index contributed by atoms with van der Waals surface area (Å²) >= 11 is 0. The van der Waals surface area contributed by atoms with Crippen molar-refractivity contribution in [2.24, 2.45) is 0 Å². The van der Waals surface area contributed by atoms with Crippen molar-refractivity contribution in [2.75, 3.05) is 25.4 Å². The Hall–Kier alpha value is -2.19. The quantitative estimate of drug-likeness (QED) is 0.680. The molecule has 1 fully saturated rings. The molecule has 0 unspecified atom stereocenters. The van der Waals surface area contributed by atoms with Crippen molar-refractivity contribution in [3.05, 3.63) is 54.6 Å². The van der Waals surface area contributed by atoms with Crippen molar-refractivity contribution in [1.82, 2.24) is 19.2 Å². The standard InChI is InChI=1S/C20H28N4O3S/c1-2-28(26,27)24-14-9-20(10-15-24,18-7-4-3-5-8-18)19(25)22-11-6-13-23-16-12-21-17-23/h3-5,7-8,12,16-17H,2,6,9-11,13-15H2,1H3,(H,22,25). The van der Waals surface area contributed by atoms with Crippen molar-refractivity contribution < 1.29 is 13.2 Å². The van der Waals surface area contributed by atoms with Crippen LogP contribution in [0.3, 0.4) is 0 Å². The maximum Gasteiger partial charge on any atom is 0.230 e. The van der Waals surface area contributed by atoms with Gasteiger partial charge in [0.15, 0.2) is 0 Å². The summed E-state index contributed by atoms with van der Waals surface area (Å²) in [5.41, 5.74) is 0.270. The lowest BCUT2D eigenvalue weighted by atomic mass is 9.72. The first kappa shape index (κ1) is 20.5. The molecule has 0 radical (unpaired) electrons. The van der Waals surface area contributed by atoms with Gasteiger partial charge in [-0.15, -0.1) is 0 Å². The summed E-state index contributed by atoms with van der Waals surface area (Å²) < 4.78 is 27.9. The van der Waals surface area contributed by atoms with E-state index < -0.39 is 15.4 Å². The Morgan fingerprint density at radius 3 is 2.54 bits per heavy atom. The number of hydrogen-bond acceptors (Lipinski definition) is 4. The van der Waals surface area contributed by atoms with Crippen LogP contribution in [0.15, 0.2) is 49.1 Å². The number of benzene rings is 1. The fourth-order valence-corrected chi connectivity index (χ4v) is 4.89. The fourth-order valence-electron chi connectivity index (χ4n) is 3.78. The Balaban J connectivity index is 1.68. The molecule has 3 rings (SSSR count). The molecule has 28 heavy (non-hydrogen) atoms. The molecule has 8 heteroatoms. The molecule has 0 bridgehead atoms. The van der Waals surface area contributed by atoms with Crippen molar-refractivity contribution in [1.29, 1.82) is 0 Å². The van der Waals surface area contributed by atoms with Gasteiger partial charge in [-0.05, 0) is 31.7 Å². The average molecular weight is 405 g/mol. The van der Waals surface area contributed by atoms with Gasteiger partial charge in [0.25, 0.3) is 0 Å². The van der Waals surface area contributed by atoms with Crippen LogP contribution in [0, 0.1) is 0 Å². The van der Waals surface area contributed by atoms with Gasteiger partial charge in [0.1, 0.15) is 0 Å². The van der Waals surface area contributed by atoms with Crippen LogP contribution in [0.2, 0.25) is 0 Å². The lowest BCUT2D eigenvalue weighted by Gasteiger charge is -2.40. The van der Waals surface area contributed by atoms with Gasteiger partial charge in [0, 0.05) is 38.6 Å². The van der Waals surface area contributed by atoms with E-state index in [1.165, 1.54) is 4.31 Å². The number of carbonyl (C=O) groups excluding carboxylic acids is 1. The van der Waals surface area contributed by atoms with Crippen LogP contribution >= 0.6 is 0 Å². The minimum Gasteiger partial charge on any atom is -0.355 e. The molecule has 0 aliphatic carbocycles. The molecular weight excluding hydrogens is 376 g/mol. The van der Waals surface area contributed by atoms with E-state index >= 15 is 0 Å². The van der Waals surface area contributed by atoms with Gasteiger partial charge in [-0.25, -0.2) is 17.7 Å². The van der Waals surface area contributed by atoms with E-state index in [0.717, 1.165) is 18.5 Å². The minimum absolute atomic E-state index is 0.0159. The number of nitrogens with one attached hydrogen (secondary N) is 1. The van der Waals surface area contributed by atoms with Crippen LogP contribution in [-0.2, 0) is 26.8 Å². The van der Waals surface area contributed by atoms with E-state index in [1.54, 1.807) is 19.4 Å². The molecule has 1 aromatic carbocycles. The highest BCUT2D eigenvalue weighted by molar-refractivity contribution is 7.89. The first-order chi connectivity index (χ1) is 13.5. The van der Waals surface area contributed by atoms with Gasteiger partial charge >= 0.3 is 0 Å². The summed E-state index contributed by atoms with van der Waals surface area (Å²) in [6.45, 7) is 3.76. The summed E-state index contributed by atoms with van der Waals surface area (Å²) in [7, 11) is -3.23. The lowest BCUT2D eigenvalue weighted by molar-refractivity contribution is -0.128. The normalized spacial score (nSPS) is 17.3. The molecule has 152 valence electrons. The van der Waals surface area contributed by atoms with Crippen LogP contribution in [0.4, 0.5) is 0 Å². The van der Waals surface area contributed by atoms with Crippen LogP contribution in [-0.4, -0.2) is 53.6 Å². The van der Waals surface area contributed by atoms with E-state index in [-0.39, 0.29) is 11.7 Å². The number of aromatic nitrogens is 2. The Bertz CT molecular complexity index is 858. The van der Waals surface area contributed by atoms with E-state index in [1.807, 2.05) is 41.1 Å². The summed E-state index contributed by atoms with van der Waals surface area (Å²) in [5.74, 6) is 0.0732. The number of hydrogen-bond donors (Lipinski definition) is 1. The predicted octanol–water partition coefficient (Wildman–Crippen LogP) is 1.77. The average Bonchev–Trinajstić information content (AvgIpc) is 3.25. The summed E-state index contributed by atoms with van der Waals surface area (Å²) in [6, 6.07) is 9.72. The maximum atomic E-state index is 13.2. The van der Waals surface area contributed by atoms with E-state index in [4.69, 9.17) is 0 Å². The van der Waals surface area contributed by atoms with Crippen LogP contribution in [0.5, 0.6) is 0 Å². The Labute approximate surface area is 166 Å². The monoisotopic (exact) mass is 404 g/mol. The highest BCUT2D eigenvalue weighted by Gasteiger charge is 2.44. The molecule has 2 aromatic rings. The zero-order valence-corrected chi connectivity index (χ0v) is 17.1. The third-order valence-electron chi connectivity index (χ3n) is 5.53. The smallest absolute Gasteiger partial charge is 0.230 e. The maximum absolute atomic E-state index is 13.2. The molecular formula is C20H28N4O3S. The summed E-state index contributed by atoms with van der Waals surface area (Å²) in [4.78, 5) is 17.2. The molecule has 1 aliphatic heterocycles. The van der Waals surface area contributed by atoms with Crippen molar-refractivity contribution in [3.8, 4) is 0 Å². The van der Waals surface area contributed by atoms with E-state index in [0.29, 0.717) is 32.5 Å². The zero-order chi connectivity index (χ0) is 20.0. The van der Waals surface area contributed by atoms with Gasteiger partial charge in [-0.3, -0.25) is 4.79 Å². The third-order valence-corrected chi connectivity index (χ3v) is 7.41. The Morgan fingerprint density at radius 1 is 1.21 bits per heavy atom. The van der Waals surface area contributed by atoms with Crippen LogP contribution < -0.4 is 5.32 Å². The molecule has 1 N–H and O–H groups in total. The van der Waals surface area contributed by atoms with Gasteiger partial charge in [0.05, 0.1) is 17.5 Å². The highest BCUT2D eigenvalue weighted by atomic mass is 32.2. The van der Waals surface area contributed by atoms with E-state index in [9.17, 15) is 13.2 Å². The molecule has 1 aliphatic rings. The lowest BCUT2D eigenvalue weighted by Crippen LogP contribution is -2.53. The summed E-state index contributed by atoms with van der Waals surface area (Å²) in [6.07, 6.45) is 7.19. The van der Waals surface area contributed by atoms with E-state index in [2.05, 4.69) is 10.3 Å². The van der Waals surface area contributed by atoms with Gasteiger partial charge < -0.3 is 9.88 Å². The fraction of sp³-hybridized carbons (Fsp3) is 0.500. The third kappa shape index (κ3) is 4.44. The summed E-state index contributed by atoms with van der Waals surface area (Å²) in [5, 5.41) is 3.08. The molecule has 1 saturated heterocycles. The topological polar surface area (TPSA) is 84.3 Å². The number of carbonyl (C=O) groups is 1. The molecule has 0 spiro atoms. The zero-order valence-electron chi connectivity index (χ0n) is 16.3. The number of amides is 1. The molecule has 2 heterocycles. The predicted molar refractivity (Wildman–Crippen MR) is 108 cm³/mol. The van der Waals surface area contributed by atoms with Crippen molar-refractivity contribution >= 4 is 15.9 Å². The van der Waals surface area contributed by atoms with Gasteiger partial charge in [-0.2, -0.15) is 0 Å². The first-order valence-corrected chi connectivity index (χ1v) is 11.4. The minimum atomic E-state index is -3.23. The molecule has 7 nitrogen and oxygen atoms in total. The Kier molecular flexibility index (Phi) is 6.51. The second-order valence-corrected chi connectivity index (χ2v) is 9.42. The molecule has 1 amide bonds. The number of aryl methyl sites for hydroxylation is 1. The second-order valence-electron chi connectivity index (χ2n) is 7.16. The molecule has 1 aromatic heterocycles. The number of sulfonamides is 1. The largest absolute Gasteiger partial charge is 0.355 e. The van der Waals surface area contributed by atoms with Crippen molar-refractivity contribution in [3.63, 3.8) is 0 Å². The van der Waals surface area contributed by atoms with Crippen LogP contribution in [0.1, 0.15) is 31.7 Å². The second kappa shape index (κ2) is 8.87. The van der Waals surface area contributed by atoms with Gasteiger partial charge in [0.2, 0.25) is 15.9 Å². The SMILES string of the molecule is CCS(=O)(=O)N1CCC(C(=O)NCCCn2ccnc2)(c2ccccc2)CC1.